The number of fused-ring (bicyclic) bond motifs is 2. The molecule has 4 heterocycles. The SMILES string of the molecule is c1ccc2[nH]c(C3CCCN(c4ncnc5ccsc45)C3)nc2c1. The first-order valence-electron chi connectivity index (χ1n) is 8.26. The van der Waals surface area contributed by atoms with Gasteiger partial charge in [-0.05, 0) is 36.4 Å². The Morgan fingerprint density at radius 3 is 3.04 bits per heavy atom. The van der Waals surface area contributed by atoms with Crippen molar-refractivity contribution in [2.24, 2.45) is 0 Å². The van der Waals surface area contributed by atoms with E-state index in [-0.39, 0.29) is 0 Å². The summed E-state index contributed by atoms with van der Waals surface area (Å²) in [6.45, 7) is 1.99. The van der Waals surface area contributed by atoms with E-state index < -0.39 is 0 Å². The molecule has 0 spiro atoms. The number of imidazole rings is 1. The lowest BCUT2D eigenvalue weighted by molar-refractivity contribution is 0.493. The molecule has 1 atom stereocenters. The summed E-state index contributed by atoms with van der Waals surface area (Å²) < 4.78 is 1.18. The van der Waals surface area contributed by atoms with Crippen LogP contribution in [-0.2, 0) is 0 Å². The molecule has 1 aromatic carbocycles. The summed E-state index contributed by atoms with van der Waals surface area (Å²) in [5, 5.41) is 2.09. The quantitative estimate of drug-likeness (QED) is 0.602. The van der Waals surface area contributed by atoms with Crippen molar-refractivity contribution in [1.29, 1.82) is 0 Å². The number of anilines is 1. The highest BCUT2D eigenvalue weighted by Crippen LogP contribution is 2.33. The third-order valence-corrected chi connectivity index (χ3v) is 5.64. The highest BCUT2D eigenvalue weighted by Gasteiger charge is 2.26. The zero-order valence-electron chi connectivity index (χ0n) is 13.1. The predicted octanol–water partition coefficient (Wildman–Crippen LogP) is 3.95. The molecule has 24 heavy (non-hydrogen) atoms. The zero-order chi connectivity index (χ0) is 15.9. The molecular formula is C18H17N5S. The van der Waals surface area contributed by atoms with Gasteiger partial charge in [0.1, 0.15) is 18.0 Å². The van der Waals surface area contributed by atoms with Gasteiger partial charge in [-0.2, -0.15) is 0 Å². The van der Waals surface area contributed by atoms with Crippen LogP contribution in [0.2, 0.25) is 0 Å². The highest BCUT2D eigenvalue weighted by atomic mass is 32.1. The number of nitrogens with one attached hydrogen (secondary N) is 1. The van der Waals surface area contributed by atoms with Crippen molar-refractivity contribution in [1.82, 2.24) is 19.9 Å². The maximum Gasteiger partial charge on any atom is 0.150 e. The van der Waals surface area contributed by atoms with Crippen LogP contribution in [0, 0.1) is 0 Å². The Morgan fingerprint density at radius 1 is 1.12 bits per heavy atom. The first kappa shape index (κ1) is 13.9. The number of thiophene rings is 1. The summed E-state index contributed by atoms with van der Waals surface area (Å²) in [5.41, 5.74) is 3.20. The lowest BCUT2D eigenvalue weighted by Gasteiger charge is -2.32. The molecule has 0 bridgehead atoms. The summed E-state index contributed by atoms with van der Waals surface area (Å²) in [4.78, 5) is 19.6. The molecule has 120 valence electrons. The van der Waals surface area contributed by atoms with E-state index in [1.54, 1.807) is 17.7 Å². The molecule has 4 aromatic rings. The van der Waals surface area contributed by atoms with Crippen LogP contribution in [0.5, 0.6) is 0 Å². The van der Waals surface area contributed by atoms with E-state index in [0.717, 1.165) is 54.1 Å². The Labute approximate surface area is 143 Å². The minimum absolute atomic E-state index is 0.413. The number of piperidine rings is 1. The van der Waals surface area contributed by atoms with Crippen molar-refractivity contribution in [3.8, 4) is 0 Å². The number of hydrogen-bond donors (Lipinski definition) is 1. The lowest BCUT2D eigenvalue weighted by Crippen LogP contribution is -2.35. The largest absolute Gasteiger partial charge is 0.355 e. The monoisotopic (exact) mass is 335 g/mol. The molecule has 5 nitrogen and oxygen atoms in total. The maximum absolute atomic E-state index is 4.80. The summed E-state index contributed by atoms with van der Waals surface area (Å²) in [6.07, 6.45) is 3.99. The second-order valence-corrected chi connectivity index (χ2v) is 7.17. The summed E-state index contributed by atoms with van der Waals surface area (Å²) in [5.74, 6) is 2.57. The normalized spacial score (nSPS) is 18.5. The summed E-state index contributed by atoms with van der Waals surface area (Å²) in [7, 11) is 0. The molecule has 0 amide bonds. The van der Waals surface area contributed by atoms with E-state index in [4.69, 9.17) is 4.98 Å². The summed E-state index contributed by atoms with van der Waals surface area (Å²) in [6, 6.07) is 10.3. The average Bonchev–Trinajstić information content (AvgIpc) is 3.28. The van der Waals surface area contributed by atoms with E-state index in [9.17, 15) is 0 Å². The number of aromatic amines is 1. The fourth-order valence-electron chi connectivity index (χ4n) is 3.56. The molecule has 0 aliphatic carbocycles. The maximum atomic E-state index is 4.80. The van der Waals surface area contributed by atoms with Gasteiger partial charge < -0.3 is 9.88 Å². The zero-order valence-corrected chi connectivity index (χ0v) is 14.0. The first-order valence-corrected chi connectivity index (χ1v) is 9.14. The smallest absolute Gasteiger partial charge is 0.150 e. The van der Waals surface area contributed by atoms with Gasteiger partial charge in [0.2, 0.25) is 0 Å². The standard InChI is InChI=1S/C18H17N5S/c1-2-6-14-13(5-1)21-17(22-14)12-4-3-8-23(10-12)18-16-15(7-9-24-16)19-11-20-18/h1-2,5-7,9,11-12H,3-4,8,10H2,(H,21,22). The van der Waals surface area contributed by atoms with Crippen LogP contribution >= 0.6 is 11.3 Å². The van der Waals surface area contributed by atoms with Crippen molar-refractivity contribution in [2.75, 3.05) is 18.0 Å². The number of benzene rings is 1. The molecule has 1 fully saturated rings. The van der Waals surface area contributed by atoms with Gasteiger partial charge in [0.15, 0.2) is 0 Å². The Kier molecular flexibility index (Phi) is 3.23. The molecular weight excluding hydrogens is 318 g/mol. The molecule has 1 N–H and O–H groups in total. The number of hydrogen-bond acceptors (Lipinski definition) is 5. The Hall–Kier alpha value is -2.47. The molecule has 1 unspecified atom stereocenters. The van der Waals surface area contributed by atoms with Crippen LogP contribution in [0.3, 0.4) is 0 Å². The topological polar surface area (TPSA) is 57.7 Å². The molecule has 1 aliphatic heterocycles. The van der Waals surface area contributed by atoms with Gasteiger partial charge >= 0.3 is 0 Å². The third kappa shape index (κ3) is 2.26. The Bertz CT molecular complexity index is 972. The fraction of sp³-hybridized carbons (Fsp3) is 0.278. The van der Waals surface area contributed by atoms with E-state index in [0.29, 0.717) is 5.92 Å². The van der Waals surface area contributed by atoms with Crippen LogP contribution in [0.25, 0.3) is 21.3 Å². The molecule has 0 saturated carbocycles. The van der Waals surface area contributed by atoms with Crippen LogP contribution in [0.15, 0.2) is 42.0 Å². The molecule has 1 saturated heterocycles. The van der Waals surface area contributed by atoms with Gasteiger partial charge in [-0.15, -0.1) is 11.3 Å². The van der Waals surface area contributed by atoms with Crippen LogP contribution in [-0.4, -0.2) is 33.0 Å². The van der Waals surface area contributed by atoms with Crippen molar-refractivity contribution >= 4 is 38.4 Å². The number of rotatable bonds is 2. The predicted molar refractivity (Wildman–Crippen MR) is 97.7 cm³/mol. The van der Waals surface area contributed by atoms with Gasteiger partial charge in [0, 0.05) is 19.0 Å². The van der Waals surface area contributed by atoms with Crippen molar-refractivity contribution in [3.63, 3.8) is 0 Å². The van der Waals surface area contributed by atoms with Crippen LogP contribution < -0.4 is 4.90 Å². The average molecular weight is 335 g/mol. The van der Waals surface area contributed by atoms with E-state index in [1.807, 2.05) is 12.1 Å². The highest BCUT2D eigenvalue weighted by molar-refractivity contribution is 7.17. The summed E-state index contributed by atoms with van der Waals surface area (Å²) >= 11 is 1.72. The van der Waals surface area contributed by atoms with Crippen molar-refractivity contribution in [3.05, 3.63) is 47.9 Å². The molecule has 6 heteroatoms. The Balaban J connectivity index is 1.48. The van der Waals surface area contributed by atoms with Crippen LogP contribution in [0.1, 0.15) is 24.6 Å². The molecule has 1 aliphatic rings. The second kappa shape index (κ2) is 5.56. The van der Waals surface area contributed by atoms with Crippen LogP contribution in [0.4, 0.5) is 5.82 Å². The number of para-hydroxylation sites is 2. The van der Waals surface area contributed by atoms with Gasteiger partial charge in [-0.25, -0.2) is 15.0 Å². The van der Waals surface area contributed by atoms with Crippen molar-refractivity contribution < 1.29 is 0 Å². The van der Waals surface area contributed by atoms with Gasteiger partial charge in [0.25, 0.3) is 0 Å². The van der Waals surface area contributed by atoms with E-state index >= 15 is 0 Å². The van der Waals surface area contributed by atoms with Crippen molar-refractivity contribution in [2.45, 2.75) is 18.8 Å². The van der Waals surface area contributed by atoms with Gasteiger partial charge in [-0.3, -0.25) is 0 Å². The van der Waals surface area contributed by atoms with E-state index in [2.05, 4.69) is 43.4 Å². The fourth-order valence-corrected chi connectivity index (χ4v) is 4.42. The third-order valence-electron chi connectivity index (χ3n) is 4.74. The number of aromatic nitrogens is 4. The lowest BCUT2D eigenvalue weighted by atomic mass is 9.97. The van der Waals surface area contributed by atoms with E-state index in [1.165, 1.54) is 4.70 Å². The molecule has 0 radical (unpaired) electrons. The second-order valence-electron chi connectivity index (χ2n) is 6.26. The number of H-pyrrole nitrogens is 1. The molecule has 3 aromatic heterocycles. The van der Waals surface area contributed by atoms with Gasteiger partial charge in [0.05, 0.1) is 21.3 Å². The molecule has 5 rings (SSSR count). The van der Waals surface area contributed by atoms with Gasteiger partial charge in [-0.1, -0.05) is 12.1 Å². The first-order chi connectivity index (χ1) is 11.9. The minimum Gasteiger partial charge on any atom is -0.355 e. The minimum atomic E-state index is 0.413. The number of nitrogens with zero attached hydrogens (tertiary/aromatic N) is 4. The Morgan fingerprint density at radius 2 is 2.08 bits per heavy atom.